The molecule has 76 valence electrons. The second-order valence-corrected chi connectivity index (χ2v) is 3.29. The van der Waals surface area contributed by atoms with Crippen LogP contribution in [0, 0.1) is 5.82 Å². The van der Waals surface area contributed by atoms with Gasteiger partial charge in [-0.3, -0.25) is 0 Å². The molecule has 0 saturated carbocycles. The maximum Gasteiger partial charge on any atom is 0.351 e. The number of carbonyl (C=O) groups is 1. The first-order chi connectivity index (χ1) is 6.61. The molecule has 4 N–H and O–H groups in total. The number of nitrogens with two attached hydrogens (primary N) is 2. The number of ether oxygens (including phenoxy) is 1. The number of hydrogen-bond donors (Lipinski definition) is 2. The van der Waals surface area contributed by atoms with Crippen LogP contribution < -0.4 is 11.5 Å². The number of esters is 1. The lowest BCUT2D eigenvalue weighted by molar-refractivity contribution is 0.0601. The van der Waals surface area contributed by atoms with Gasteiger partial charge in [-0.05, 0) is 0 Å². The van der Waals surface area contributed by atoms with Crippen LogP contribution in [0.4, 0.5) is 4.39 Å². The molecule has 0 spiro atoms. The Labute approximate surface area is 84.0 Å². The zero-order chi connectivity index (χ0) is 10.7. The Morgan fingerprint density at radius 1 is 1.71 bits per heavy atom. The zero-order valence-electron chi connectivity index (χ0n) is 7.41. The molecule has 0 fully saturated rings. The Bertz CT molecular complexity index is 387. The number of carbonyl (C=O) groups excluding carboxylic acids is 1. The van der Waals surface area contributed by atoms with Crippen molar-refractivity contribution in [2.45, 2.75) is 0 Å². The van der Waals surface area contributed by atoms with E-state index in [9.17, 15) is 9.18 Å². The van der Waals surface area contributed by atoms with Gasteiger partial charge < -0.3 is 16.2 Å². The highest BCUT2D eigenvalue weighted by Crippen LogP contribution is 2.24. The van der Waals surface area contributed by atoms with Crippen LogP contribution in [0.5, 0.6) is 0 Å². The number of thiophene rings is 1. The fourth-order valence-corrected chi connectivity index (χ4v) is 1.73. The van der Waals surface area contributed by atoms with Gasteiger partial charge in [0.05, 0.1) is 12.8 Å². The van der Waals surface area contributed by atoms with Gasteiger partial charge in [0.25, 0.3) is 0 Å². The average molecular weight is 216 g/mol. The Kier molecular flexibility index (Phi) is 3.08. The maximum atomic E-state index is 13.4. The smallest absolute Gasteiger partial charge is 0.351 e. The standard InChI is InChI=1S/C8H9FN2O2S/c1-13-8(12)7-6(9)4(3-14-7)5(11)2-10/h2-3H,10-11H2,1H3/b5-2-. The van der Waals surface area contributed by atoms with Crippen molar-refractivity contribution in [1.29, 1.82) is 0 Å². The van der Waals surface area contributed by atoms with Gasteiger partial charge in [0.15, 0.2) is 5.82 Å². The monoisotopic (exact) mass is 216 g/mol. The second-order valence-electron chi connectivity index (χ2n) is 2.41. The number of halogens is 1. The molecule has 0 aliphatic rings. The third-order valence-electron chi connectivity index (χ3n) is 1.59. The number of methoxy groups -OCH3 is 1. The lowest BCUT2D eigenvalue weighted by Gasteiger charge is -1.97. The van der Waals surface area contributed by atoms with Crippen molar-refractivity contribution < 1.29 is 13.9 Å². The SMILES string of the molecule is COC(=O)c1scc(/C(N)=C/N)c1F. The molecule has 1 rings (SSSR count). The van der Waals surface area contributed by atoms with E-state index in [0.717, 1.165) is 17.5 Å². The van der Waals surface area contributed by atoms with Gasteiger partial charge in [-0.15, -0.1) is 11.3 Å². The fourth-order valence-electron chi connectivity index (χ4n) is 0.859. The molecular weight excluding hydrogens is 207 g/mol. The van der Waals surface area contributed by atoms with Crippen LogP contribution in [-0.2, 0) is 4.74 Å². The highest BCUT2D eigenvalue weighted by Gasteiger charge is 2.19. The topological polar surface area (TPSA) is 78.3 Å². The zero-order valence-corrected chi connectivity index (χ0v) is 8.23. The van der Waals surface area contributed by atoms with Crippen LogP contribution in [0.3, 0.4) is 0 Å². The highest BCUT2D eigenvalue weighted by atomic mass is 32.1. The van der Waals surface area contributed by atoms with Crippen molar-refractivity contribution in [3.8, 4) is 0 Å². The van der Waals surface area contributed by atoms with Crippen LogP contribution >= 0.6 is 11.3 Å². The molecule has 0 atom stereocenters. The summed E-state index contributed by atoms with van der Waals surface area (Å²) < 4.78 is 17.8. The summed E-state index contributed by atoms with van der Waals surface area (Å²) in [5.74, 6) is -1.41. The predicted octanol–water partition coefficient (Wildman–Crippen LogP) is 0.890. The summed E-state index contributed by atoms with van der Waals surface area (Å²) in [4.78, 5) is 10.9. The average Bonchev–Trinajstić information content (AvgIpc) is 2.58. The molecule has 0 aromatic carbocycles. The molecule has 1 heterocycles. The first-order valence-electron chi connectivity index (χ1n) is 3.64. The van der Waals surface area contributed by atoms with Crippen molar-refractivity contribution in [3.05, 3.63) is 27.8 Å². The molecule has 14 heavy (non-hydrogen) atoms. The minimum atomic E-state index is -0.719. The van der Waals surface area contributed by atoms with E-state index in [1.54, 1.807) is 0 Å². The van der Waals surface area contributed by atoms with E-state index >= 15 is 0 Å². The van der Waals surface area contributed by atoms with Crippen molar-refractivity contribution in [1.82, 2.24) is 0 Å². The summed E-state index contributed by atoms with van der Waals surface area (Å²) >= 11 is 0.927. The van der Waals surface area contributed by atoms with Crippen LogP contribution in [0.25, 0.3) is 5.70 Å². The molecule has 1 aromatic heterocycles. The molecular formula is C8H9FN2O2S. The van der Waals surface area contributed by atoms with Gasteiger partial charge in [0, 0.05) is 17.1 Å². The molecule has 0 amide bonds. The summed E-state index contributed by atoms with van der Waals surface area (Å²) in [5.41, 5.74) is 10.7. The number of hydrogen-bond acceptors (Lipinski definition) is 5. The second kappa shape index (κ2) is 4.10. The molecule has 0 unspecified atom stereocenters. The van der Waals surface area contributed by atoms with Gasteiger partial charge >= 0.3 is 5.97 Å². The first-order valence-corrected chi connectivity index (χ1v) is 4.52. The molecule has 0 aliphatic carbocycles. The van der Waals surface area contributed by atoms with Crippen LogP contribution in [0.2, 0.25) is 0 Å². The minimum Gasteiger partial charge on any atom is -0.465 e. The van der Waals surface area contributed by atoms with Gasteiger partial charge in [-0.1, -0.05) is 0 Å². The van der Waals surface area contributed by atoms with Gasteiger partial charge in [0.1, 0.15) is 4.88 Å². The Hall–Kier alpha value is -1.56. The highest BCUT2D eigenvalue weighted by molar-refractivity contribution is 7.12. The quantitative estimate of drug-likeness (QED) is 0.719. The first kappa shape index (κ1) is 10.5. The van der Waals surface area contributed by atoms with E-state index in [4.69, 9.17) is 11.5 Å². The van der Waals surface area contributed by atoms with Crippen LogP contribution in [-0.4, -0.2) is 13.1 Å². The van der Waals surface area contributed by atoms with E-state index in [0.29, 0.717) is 0 Å². The fraction of sp³-hybridized carbons (Fsp3) is 0.125. The third kappa shape index (κ3) is 1.69. The molecule has 1 aromatic rings. The Balaban J connectivity index is 3.15. The summed E-state index contributed by atoms with van der Waals surface area (Å²) in [6, 6.07) is 0. The largest absolute Gasteiger partial charge is 0.465 e. The van der Waals surface area contributed by atoms with E-state index < -0.39 is 11.8 Å². The lowest BCUT2D eigenvalue weighted by Crippen LogP contribution is -2.04. The Morgan fingerprint density at radius 2 is 2.36 bits per heavy atom. The van der Waals surface area contributed by atoms with Gasteiger partial charge in [-0.25, -0.2) is 9.18 Å². The third-order valence-corrected chi connectivity index (χ3v) is 2.53. The molecule has 0 saturated heterocycles. The minimum absolute atomic E-state index is 0.0916. The molecule has 0 bridgehead atoms. The van der Waals surface area contributed by atoms with Crippen molar-refractivity contribution in [3.63, 3.8) is 0 Å². The van der Waals surface area contributed by atoms with E-state index in [2.05, 4.69) is 4.74 Å². The summed E-state index contributed by atoms with van der Waals surface area (Å²) in [5, 5.41) is 1.42. The van der Waals surface area contributed by atoms with Crippen molar-refractivity contribution in [2.75, 3.05) is 7.11 Å². The van der Waals surface area contributed by atoms with Crippen molar-refractivity contribution >= 4 is 23.0 Å². The summed E-state index contributed by atoms with van der Waals surface area (Å²) in [6.45, 7) is 0. The predicted molar refractivity (Wildman–Crippen MR) is 52.0 cm³/mol. The van der Waals surface area contributed by atoms with Crippen LogP contribution in [0.15, 0.2) is 11.6 Å². The Morgan fingerprint density at radius 3 is 2.86 bits per heavy atom. The van der Waals surface area contributed by atoms with E-state index in [1.165, 1.54) is 12.5 Å². The maximum absolute atomic E-state index is 13.4. The lowest BCUT2D eigenvalue weighted by atomic mass is 10.2. The normalized spacial score (nSPS) is 11.4. The van der Waals surface area contributed by atoms with Crippen LogP contribution in [0.1, 0.15) is 15.2 Å². The molecule has 6 heteroatoms. The number of rotatable bonds is 2. The van der Waals surface area contributed by atoms with Crippen molar-refractivity contribution in [2.24, 2.45) is 11.5 Å². The molecule has 0 aliphatic heterocycles. The molecule has 4 nitrogen and oxygen atoms in total. The summed E-state index contributed by atoms with van der Waals surface area (Å²) in [6.07, 6.45) is 1.08. The van der Waals surface area contributed by atoms with E-state index in [-0.39, 0.29) is 16.1 Å². The van der Waals surface area contributed by atoms with Gasteiger partial charge in [-0.2, -0.15) is 0 Å². The molecule has 0 radical (unpaired) electrons. The summed E-state index contributed by atoms with van der Waals surface area (Å²) in [7, 11) is 1.18. The van der Waals surface area contributed by atoms with Gasteiger partial charge in [0.2, 0.25) is 0 Å². The van der Waals surface area contributed by atoms with E-state index in [1.807, 2.05) is 0 Å².